The molecule has 0 radical (unpaired) electrons. The molecule has 8 nitrogen and oxygen atoms in total. The summed E-state index contributed by atoms with van der Waals surface area (Å²) in [6.07, 6.45) is 35.3. The molecule has 0 aliphatic heterocycles. The van der Waals surface area contributed by atoms with Crippen molar-refractivity contribution in [2.24, 2.45) is 0 Å². The minimum atomic E-state index is -4.51. The van der Waals surface area contributed by atoms with Gasteiger partial charge in [-0.05, 0) is 12.8 Å². The Hall–Kier alpha value is -0.500. The summed E-state index contributed by atoms with van der Waals surface area (Å²) < 4.78 is 34.5. The predicted molar refractivity (Wildman–Crippen MR) is 208 cm³/mol. The van der Waals surface area contributed by atoms with Crippen LogP contribution in [0.1, 0.15) is 200 Å². The van der Waals surface area contributed by atoms with Gasteiger partial charge in [0.25, 0.3) is 7.82 Å². The highest BCUT2D eigenvalue weighted by molar-refractivity contribution is 7.45. The predicted octanol–water partition coefficient (Wildman–Crippen LogP) is 11.5. The number of carbonyl (C=O) groups excluding carboxylic acids is 1. The molecule has 0 aliphatic rings. The molecule has 9 heteroatoms. The molecule has 0 bridgehead atoms. The molecule has 0 saturated heterocycles. The third-order valence-electron chi connectivity index (χ3n) is 9.41. The number of phosphoric ester groups is 1. The SMILES string of the molecule is CCCCCCCCCCCCCCCCCCC(=O)OC(COCCCCCCCCCCCCCC)COP(=O)([O-])OCC[N+](C)(C)C. The fourth-order valence-electron chi connectivity index (χ4n) is 6.08. The normalized spacial score (nSPS) is 13.8. The van der Waals surface area contributed by atoms with Crippen molar-refractivity contribution in [3.8, 4) is 0 Å². The zero-order valence-electron chi connectivity index (χ0n) is 33.9. The second-order valence-electron chi connectivity index (χ2n) is 15.7. The van der Waals surface area contributed by atoms with Crippen molar-refractivity contribution >= 4 is 13.8 Å². The Kier molecular flexibility index (Phi) is 35.2. The Morgan fingerprint density at radius 2 is 0.920 bits per heavy atom. The van der Waals surface area contributed by atoms with Crippen molar-refractivity contribution in [1.29, 1.82) is 0 Å². The minimum absolute atomic E-state index is 0.0312. The van der Waals surface area contributed by atoms with Gasteiger partial charge in [-0.1, -0.05) is 181 Å². The quantitative estimate of drug-likeness (QED) is 0.0268. The number of phosphoric acid groups is 1. The van der Waals surface area contributed by atoms with Gasteiger partial charge in [0.1, 0.15) is 19.3 Å². The van der Waals surface area contributed by atoms with E-state index in [4.69, 9.17) is 18.5 Å². The number of hydrogen-bond donors (Lipinski definition) is 0. The number of ether oxygens (including phenoxy) is 2. The summed E-state index contributed by atoms with van der Waals surface area (Å²) in [7, 11) is 1.37. The van der Waals surface area contributed by atoms with E-state index in [1.807, 2.05) is 21.1 Å². The average Bonchev–Trinajstić information content (AvgIpc) is 3.06. The standard InChI is InChI=1S/C41H84NO7P/c1-6-8-10-12-14-16-18-20-21-22-23-24-26-28-30-32-34-41(43)49-40(39-48-50(44,45)47-37-35-42(3,4)5)38-46-36-33-31-29-27-25-19-17-15-13-11-9-7-2/h40H,6-39H2,1-5H3. The summed E-state index contributed by atoms with van der Waals surface area (Å²) >= 11 is 0. The maximum absolute atomic E-state index is 12.6. The number of esters is 1. The molecule has 0 saturated carbocycles. The first-order valence-corrected chi connectivity index (χ1v) is 22.7. The van der Waals surface area contributed by atoms with Gasteiger partial charge in [0, 0.05) is 13.0 Å². The molecule has 300 valence electrons. The number of unbranched alkanes of at least 4 members (excludes halogenated alkanes) is 26. The topological polar surface area (TPSA) is 94.1 Å². The Labute approximate surface area is 310 Å². The molecular weight excluding hydrogens is 649 g/mol. The molecule has 50 heavy (non-hydrogen) atoms. The second kappa shape index (κ2) is 35.5. The van der Waals surface area contributed by atoms with Gasteiger partial charge in [0.05, 0.1) is 34.4 Å². The minimum Gasteiger partial charge on any atom is -0.756 e. The van der Waals surface area contributed by atoms with Crippen LogP contribution in [-0.4, -0.2) is 70.7 Å². The summed E-state index contributed by atoms with van der Waals surface area (Å²) in [6.45, 7) is 5.45. The molecule has 0 N–H and O–H groups in total. The van der Waals surface area contributed by atoms with E-state index in [0.29, 0.717) is 24.1 Å². The van der Waals surface area contributed by atoms with Crippen molar-refractivity contribution in [1.82, 2.24) is 0 Å². The van der Waals surface area contributed by atoms with Gasteiger partial charge in [-0.3, -0.25) is 9.36 Å². The molecular formula is C41H84NO7P. The van der Waals surface area contributed by atoms with E-state index in [-0.39, 0.29) is 25.8 Å². The lowest BCUT2D eigenvalue weighted by Crippen LogP contribution is -2.37. The number of carbonyl (C=O) groups is 1. The van der Waals surface area contributed by atoms with Crippen molar-refractivity contribution in [2.75, 3.05) is 54.1 Å². The van der Waals surface area contributed by atoms with Crippen molar-refractivity contribution < 1.29 is 37.3 Å². The number of rotatable bonds is 40. The van der Waals surface area contributed by atoms with Gasteiger partial charge in [-0.25, -0.2) is 0 Å². The first kappa shape index (κ1) is 49.5. The number of hydrogen-bond acceptors (Lipinski definition) is 7. The lowest BCUT2D eigenvalue weighted by Gasteiger charge is -2.28. The largest absolute Gasteiger partial charge is 0.756 e. The zero-order valence-corrected chi connectivity index (χ0v) is 34.8. The monoisotopic (exact) mass is 734 g/mol. The third-order valence-corrected chi connectivity index (χ3v) is 10.4. The smallest absolute Gasteiger partial charge is 0.306 e. The maximum Gasteiger partial charge on any atom is 0.306 e. The van der Waals surface area contributed by atoms with E-state index in [2.05, 4.69) is 13.8 Å². The summed E-state index contributed by atoms with van der Waals surface area (Å²) in [5.74, 6) is -0.329. The number of nitrogens with zero attached hydrogens (tertiary/aromatic N) is 1. The Bertz CT molecular complexity index is 777. The van der Waals surface area contributed by atoms with Gasteiger partial charge >= 0.3 is 5.97 Å². The lowest BCUT2D eigenvalue weighted by atomic mass is 10.0. The van der Waals surface area contributed by atoms with E-state index in [0.717, 1.165) is 32.1 Å². The molecule has 0 rings (SSSR count). The van der Waals surface area contributed by atoms with Crippen LogP contribution in [0.5, 0.6) is 0 Å². The Morgan fingerprint density at radius 1 is 0.540 bits per heavy atom. The molecule has 0 heterocycles. The maximum atomic E-state index is 12.6. The van der Waals surface area contributed by atoms with Crippen LogP contribution in [0, 0.1) is 0 Å². The highest BCUT2D eigenvalue weighted by Gasteiger charge is 2.20. The summed E-state index contributed by atoms with van der Waals surface area (Å²) in [4.78, 5) is 25.0. The zero-order chi connectivity index (χ0) is 37.0. The highest BCUT2D eigenvalue weighted by atomic mass is 31.2. The Balaban J connectivity index is 4.20. The molecule has 0 aliphatic carbocycles. The molecule has 2 unspecified atom stereocenters. The van der Waals surface area contributed by atoms with Gasteiger partial charge < -0.3 is 27.9 Å². The molecule has 0 spiro atoms. The first-order chi connectivity index (χ1) is 24.1. The summed E-state index contributed by atoms with van der Waals surface area (Å²) in [5, 5.41) is 0. The molecule has 0 aromatic carbocycles. The first-order valence-electron chi connectivity index (χ1n) is 21.3. The van der Waals surface area contributed by atoms with Crippen LogP contribution in [0.15, 0.2) is 0 Å². The van der Waals surface area contributed by atoms with Crippen LogP contribution >= 0.6 is 7.82 Å². The van der Waals surface area contributed by atoms with Crippen molar-refractivity contribution in [3.63, 3.8) is 0 Å². The summed E-state index contributed by atoms with van der Waals surface area (Å²) in [6, 6.07) is 0. The van der Waals surface area contributed by atoms with Gasteiger partial charge in [-0.2, -0.15) is 0 Å². The molecule has 0 fully saturated rings. The highest BCUT2D eigenvalue weighted by Crippen LogP contribution is 2.38. The van der Waals surface area contributed by atoms with E-state index in [1.54, 1.807) is 0 Å². The molecule has 0 amide bonds. The van der Waals surface area contributed by atoms with E-state index < -0.39 is 13.9 Å². The van der Waals surface area contributed by atoms with Crippen LogP contribution in [0.2, 0.25) is 0 Å². The molecule has 2 atom stereocenters. The number of quaternary nitrogens is 1. The van der Waals surface area contributed by atoms with Crippen molar-refractivity contribution in [2.45, 2.75) is 206 Å². The average molecular weight is 734 g/mol. The van der Waals surface area contributed by atoms with E-state index in [9.17, 15) is 14.3 Å². The fourth-order valence-corrected chi connectivity index (χ4v) is 6.81. The Morgan fingerprint density at radius 3 is 1.32 bits per heavy atom. The molecule has 0 aromatic heterocycles. The number of likely N-dealkylation sites (N-methyl/N-ethyl adjacent to an activating group) is 1. The third kappa shape index (κ3) is 38.7. The van der Waals surface area contributed by atoms with Crippen LogP contribution in [0.3, 0.4) is 0 Å². The van der Waals surface area contributed by atoms with Crippen LogP contribution in [0.25, 0.3) is 0 Å². The van der Waals surface area contributed by atoms with Crippen LogP contribution in [0.4, 0.5) is 0 Å². The fraction of sp³-hybridized carbons (Fsp3) is 0.976. The van der Waals surface area contributed by atoms with E-state index >= 15 is 0 Å². The lowest BCUT2D eigenvalue weighted by molar-refractivity contribution is -0.870. The van der Waals surface area contributed by atoms with Gasteiger partial charge in [-0.15, -0.1) is 0 Å². The van der Waals surface area contributed by atoms with Crippen molar-refractivity contribution in [3.05, 3.63) is 0 Å². The van der Waals surface area contributed by atoms with E-state index in [1.165, 1.54) is 148 Å². The summed E-state index contributed by atoms with van der Waals surface area (Å²) in [5.41, 5.74) is 0. The molecule has 0 aromatic rings. The van der Waals surface area contributed by atoms with Crippen LogP contribution < -0.4 is 4.89 Å². The second-order valence-corrected chi connectivity index (χ2v) is 17.1. The van der Waals surface area contributed by atoms with Gasteiger partial charge in [0.15, 0.2) is 0 Å². The van der Waals surface area contributed by atoms with Crippen LogP contribution in [-0.2, 0) is 27.9 Å². The van der Waals surface area contributed by atoms with Gasteiger partial charge in [0.2, 0.25) is 0 Å².